The summed E-state index contributed by atoms with van der Waals surface area (Å²) in [5.74, 6) is 0. The first kappa shape index (κ1) is 25.2. The molecule has 0 bridgehead atoms. The van der Waals surface area contributed by atoms with Crippen LogP contribution < -0.4 is 0 Å². The number of benzene rings is 5. The molecule has 2 saturated heterocycles. The van der Waals surface area contributed by atoms with Gasteiger partial charge in [-0.1, -0.05) is 97.2 Å². The normalized spacial score (nSPS) is 18.1. The first-order valence-corrected chi connectivity index (χ1v) is 14.7. The average Bonchev–Trinajstić information content (AvgIpc) is 3.39. The predicted molar refractivity (Wildman–Crippen MR) is 171 cm³/mol. The zero-order valence-electron chi connectivity index (χ0n) is 20.7. The van der Waals surface area contributed by atoms with Crippen LogP contribution >= 0.6 is 48.0 Å². The van der Waals surface area contributed by atoms with Gasteiger partial charge in [-0.2, -0.15) is 0 Å². The van der Waals surface area contributed by atoms with E-state index in [2.05, 4.69) is 72.8 Å². The summed E-state index contributed by atoms with van der Waals surface area (Å²) in [6.45, 7) is 4.79. The molecule has 0 saturated carbocycles. The molecule has 2 amide bonds. The molecule has 0 radical (unpaired) electrons. The molecule has 38 heavy (non-hydrogen) atoms. The number of carbonyl (C=O) groups excluding carboxylic acids is 2. The molecule has 2 aliphatic heterocycles. The van der Waals surface area contributed by atoms with Crippen LogP contribution in [0.15, 0.2) is 82.6 Å². The van der Waals surface area contributed by atoms with E-state index in [9.17, 15) is 9.59 Å². The molecule has 2 heterocycles. The van der Waals surface area contributed by atoms with Gasteiger partial charge in [-0.15, -0.1) is 0 Å². The Morgan fingerprint density at radius 2 is 0.895 bits per heavy atom. The minimum Gasteiger partial charge on any atom is -0.293 e. The number of nitrogens with zero attached hydrogens (tertiary/aromatic N) is 2. The highest BCUT2D eigenvalue weighted by Gasteiger charge is 2.39. The molecule has 188 valence electrons. The molecule has 5 aromatic rings. The van der Waals surface area contributed by atoms with Gasteiger partial charge in [-0.3, -0.25) is 19.4 Å². The van der Waals surface area contributed by atoms with Gasteiger partial charge in [-0.05, 0) is 80.5 Å². The number of rotatable bonds is 2. The summed E-state index contributed by atoms with van der Waals surface area (Å²) in [7, 11) is 0. The molecule has 0 aromatic heterocycles. The second kappa shape index (κ2) is 9.93. The topological polar surface area (TPSA) is 40.6 Å². The molecule has 5 aromatic carbocycles. The Kier molecular flexibility index (Phi) is 6.60. The number of likely N-dealkylation sites (N-methyl/N-ethyl adjacent to an activating group) is 2. The Morgan fingerprint density at radius 1 is 0.579 bits per heavy atom. The maximum atomic E-state index is 11.7. The van der Waals surface area contributed by atoms with Crippen molar-refractivity contribution in [1.29, 1.82) is 0 Å². The summed E-state index contributed by atoms with van der Waals surface area (Å²) in [5, 5.41) is 10.7. The van der Waals surface area contributed by atoms with Crippen molar-refractivity contribution in [3.8, 4) is 0 Å². The highest BCUT2D eigenvalue weighted by molar-refractivity contribution is 8.23. The van der Waals surface area contributed by atoms with E-state index in [0.717, 1.165) is 23.5 Å². The second-order valence-electron chi connectivity index (χ2n) is 8.91. The fourth-order valence-electron chi connectivity index (χ4n) is 5.20. The lowest BCUT2D eigenvalue weighted by atomic mass is 9.90. The van der Waals surface area contributed by atoms with Crippen LogP contribution in [0.1, 0.15) is 13.8 Å². The Balaban J connectivity index is 0.000000140. The number of thiocarbonyl (C=S) groups is 2. The fraction of sp³-hybridized carbons (Fsp3) is 0.133. The lowest BCUT2D eigenvalue weighted by Crippen LogP contribution is -2.28. The number of fused-ring (bicyclic) bond motifs is 2. The number of carbonyl (C=O) groups is 2. The lowest BCUT2D eigenvalue weighted by molar-refractivity contribution is 0.246. The molecule has 2 aliphatic rings. The van der Waals surface area contributed by atoms with Crippen molar-refractivity contribution in [3.63, 3.8) is 0 Å². The second-order valence-corrected chi connectivity index (χ2v) is 11.6. The minimum absolute atomic E-state index is 0.101. The van der Waals surface area contributed by atoms with E-state index in [1.807, 2.05) is 13.8 Å². The smallest absolute Gasteiger partial charge is 0.291 e. The zero-order valence-corrected chi connectivity index (χ0v) is 24.0. The van der Waals surface area contributed by atoms with Gasteiger partial charge < -0.3 is 0 Å². The van der Waals surface area contributed by atoms with Crippen molar-refractivity contribution in [3.05, 3.63) is 82.6 Å². The van der Waals surface area contributed by atoms with Gasteiger partial charge in [-0.25, -0.2) is 0 Å². The van der Waals surface area contributed by atoms with Crippen molar-refractivity contribution in [1.82, 2.24) is 9.80 Å². The quantitative estimate of drug-likeness (QED) is 0.0913. The molecule has 2 fully saturated rings. The van der Waals surface area contributed by atoms with E-state index >= 15 is 0 Å². The fourth-order valence-corrected chi connectivity index (χ4v) is 8.35. The lowest BCUT2D eigenvalue weighted by Gasteiger charge is -2.13. The maximum absolute atomic E-state index is 11.7. The van der Waals surface area contributed by atoms with Crippen molar-refractivity contribution < 1.29 is 9.59 Å². The Morgan fingerprint density at radius 3 is 1.16 bits per heavy atom. The number of amides is 2. The van der Waals surface area contributed by atoms with Gasteiger partial charge in [0.05, 0.1) is 9.81 Å². The van der Waals surface area contributed by atoms with Crippen LogP contribution in [0.3, 0.4) is 0 Å². The van der Waals surface area contributed by atoms with E-state index in [1.165, 1.54) is 52.9 Å². The van der Waals surface area contributed by atoms with Crippen LogP contribution in [0.2, 0.25) is 0 Å². The Hall–Kier alpha value is -3.04. The SMILES string of the molecule is CCN1C(=O)S/C(=C2/SC(=O)N(CC)C2=S)C1=S.c1cc2cccc3c4cccc5cccc(c(c1)c23)c54. The summed E-state index contributed by atoms with van der Waals surface area (Å²) < 4.78 is 0. The minimum atomic E-state index is -0.101. The van der Waals surface area contributed by atoms with Crippen molar-refractivity contribution in [2.24, 2.45) is 0 Å². The van der Waals surface area contributed by atoms with E-state index < -0.39 is 0 Å². The zero-order chi connectivity index (χ0) is 26.6. The number of thioether (sulfide) groups is 2. The molecule has 0 unspecified atom stereocenters. The van der Waals surface area contributed by atoms with Crippen LogP contribution in [0, 0.1) is 0 Å². The average molecular weight is 571 g/mol. The van der Waals surface area contributed by atoms with Crippen LogP contribution in [-0.2, 0) is 0 Å². The molecule has 7 rings (SSSR count). The predicted octanol–water partition coefficient (Wildman–Crippen LogP) is 8.97. The molecule has 0 spiro atoms. The monoisotopic (exact) mass is 570 g/mol. The van der Waals surface area contributed by atoms with Gasteiger partial charge in [0, 0.05) is 13.1 Å². The highest BCUT2D eigenvalue weighted by atomic mass is 32.2. The summed E-state index contributed by atoms with van der Waals surface area (Å²) in [5.41, 5.74) is 0. The first-order chi connectivity index (χ1) is 18.4. The summed E-state index contributed by atoms with van der Waals surface area (Å²) in [6.07, 6.45) is 0. The Bertz CT molecular complexity index is 1630. The Labute approximate surface area is 239 Å². The van der Waals surface area contributed by atoms with Gasteiger partial charge in [0.1, 0.15) is 9.98 Å². The highest BCUT2D eigenvalue weighted by Crippen LogP contribution is 2.43. The van der Waals surface area contributed by atoms with E-state index in [-0.39, 0.29) is 10.5 Å². The first-order valence-electron chi connectivity index (χ1n) is 12.3. The van der Waals surface area contributed by atoms with Crippen LogP contribution in [0.4, 0.5) is 9.59 Å². The van der Waals surface area contributed by atoms with Crippen molar-refractivity contribution in [2.75, 3.05) is 13.1 Å². The molecule has 8 heteroatoms. The van der Waals surface area contributed by atoms with Gasteiger partial charge in [0.15, 0.2) is 0 Å². The largest absolute Gasteiger partial charge is 0.293 e. The summed E-state index contributed by atoms with van der Waals surface area (Å²) in [4.78, 5) is 28.8. The summed E-state index contributed by atoms with van der Waals surface area (Å²) >= 11 is 12.6. The van der Waals surface area contributed by atoms with Crippen LogP contribution in [-0.4, -0.2) is 43.3 Å². The van der Waals surface area contributed by atoms with E-state index in [1.54, 1.807) is 0 Å². The third-order valence-electron chi connectivity index (χ3n) is 6.93. The molecular weight excluding hydrogens is 549 g/mol. The van der Waals surface area contributed by atoms with Gasteiger partial charge in [0.2, 0.25) is 0 Å². The molecular formula is C30H22N2O2S4. The third-order valence-corrected chi connectivity index (χ3v) is 10.2. The van der Waals surface area contributed by atoms with E-state index in [0.29, 0.717) is 32.9 Å². The summed E-state index contributed by atoms with van der Waals surface area (Å²) in [6, 6.07) is 26.4. The van der Waals surface area contributed by atoms with Crippen LogP contribution in [0.5, 0.6) is 0 Å². The standard InChI is InChI=1S/C20H12.C10H10N2O2S4/c1-5-13-6-2-11-17-18-12-4-8-14-7-3-10-16(20(14)18)15(9-1)19(13)17;1-3-11-7(15)5(17-9(11)13)6-8(16)12(4-2)10(14)18-6/h1-12H;3-4H2,1-2H3/b;6-5+. The third kappa shape index (κ3) is 3.90. The number of hydrogen-bond donors (Lipinski definition) is 0. The molecule has 4 nitrogen and oxygen atoms in total. The van der Waals surface area contributed by atoms with E-state index in [4.69, 9.17) is 24.4 Å². The van der Waals surface area contributed by atoms with Crippen molar-refractivity contribution >= 4 is 112 Å². The van der Waals surface area contributed by atoms with Gasteiger partial charge in [0.25, 0.3) is 10.5 Å². The van der Waals surface area contributed by atoms with Gasteiger partial charge >= 0.3 is 0 Å². The number of hydrogen-bond acceptors (Lipinski definition) is 6. The van der Waals surface area contributed by atoms with Crippen LogP contribution in [0.25, 0.3) is 43.1 Å². The molecule has 0 aliphatic carbocycles. The maximum Gasteiger partial charge on any atom is 0.291 e. The van der Waals surface area contributed by atoms with Crippen molar-refractivity contribution in [2.45, 2.75) is 13.8 Å². The molecule has 0 N–H and O–H groups in total. The molecule has 0 atom stereocenters.